The lowest BCUT2D eigenvalue weighted by Gasteiger charge is -2.08. The first-order valence-corrected chi connectivity index (χ1v) is 5.44. The van der Waals surface area contributed by atoms with Crippen molar-refractivity contribution >= 4 is 17.6 Å². The van der Waals surface area contributed by atoms with E-state index in [1.54, 1.807) is 0 Å². The second-order valence-electron chi connectivity index (χ2n) is 3.75. The zero-order valence-corrected chi connectivity index (χ0v) is 10.3. The summed E-state index contributed by atoms with van der Waals surface area (Å²) in [6.45, 7) is 0. The summed E-state index contributed by atoms with van der Waals surface area (Å²) in [6, 6.07) is 4.00. The molecule has 1 aromatic carbocycles. The number of nitrogens with one attached hydrogen (secondary N) is 2. The average molecular weight is 279 g/mol. The van der Waals surface area contributed by atoms with E-state index in [1.165, 1.54) is 25.3 Å². The van der Waals surface area contributed by atoms with Crippen molar-refractivity contribution in [2.24, 2.45) is 0 Å². The number of aromatic carboxylic acids is 1. The Morgan fingerprint density at radius 1 is 1.50 bits per heavy atom. The molecule has 8 heteroatoms. The first-order chi connectivity index (χ1) is 9.51. The molecule has 2 aromatic rings. The number of benzene rings is 1. The SMILES string of the molecule is COc1ccc(F)c(Nc2ncc(C(=O)O)c(=O)[nH]2)c1. The van der Waals surface area contributed by atoms with E-state index in [0.29, 0.717) is 5.75 Å². The maximum atomic E-state index is 13.6. The van der Waals surface area contributed by atoms with Crippen LogP contribution in [0.3, 0.4) is 0 Å². The number of H-pyrrole nitrogens is 1. The summed E-state index contributed by atoms with van der Waals surface area (Å²) in [5, 5.41) is 11.2. The maximum absolute atomic E-state index is 13.6. The number of aromatic amines is 1. The van der Waals surface area contributed by atoms with Gasteiger partial charge in [0.2, 0.25) is 5.95 Å². The van der Waals surface area contributed by atoms with Gasteiger partial charge in [0.05, 0.1) is 19.0 Å². The third-order valence-electron chi connectivity index (χ3n) is 2.46. The molecule has 0 atom stereocenters. The Hall–Kier alpha value is -2.90. The molecule has 7 nitrogen and oxygen atoms in total. The molecule has 0 aliphatic heterocycles. The molecule has 1 aromatic heterocycles. The number of hydrogen-bond donors (Lipinski definition) is 3. The Kier molecular flexibility index (Phi) is 3.65. The molecule has 0 bridgehead atoms. The van der Waals surface area contributed by atoms with Crippen LogP contribution in [-0.4, -0.2) is 28.2 Å². The van der Waals surface area contributed by atoms with Crippen molar-refractivity contribution in [3.05, 3.63) is 46.1 Å². The molecule has 3 N–H and O–H groups in total. The Morgan fingerprint density at radius 2 is 2.25 bits per heavy atom. The Morgan fingerprint density at radius 3 is 2.85 bits per heavy atom. The summed E-state index contributed by atoms with van der Waals surface area (Å²) in [5.74, 6) is -1.63. The molecule has 0 aliphatic rings. The summed E-state index contributed by atoms with van der Waals surface area (Å²) in [5.41, 5.74) is -1.30. The molecule has 0 amide bonds. The van der Waals surface area contributed by atoms with E-state index < -0.39 is 22.9 Å². The van der Waals surface area contributed by atoms with E-state index in [1.807, 2.05) is 0 Å². The van der Waals surface area contributed by atoms with Crippen LogP contribution in [0.15, 0.2) is 29.2 Å². The summed E-state index contributed by atoms with van der Waals surface area (Å²) in [6.07, 6.45) is 0.890. The van der Waals surface area contributed by atoms with Crippen LogP contribution >= 0.6 is 0 Å². The van der Waals surface area contributed by atoms with Crippen molar-refractivity contribution in [2.75, 3.05) is 12.4 Å². The van der Waals surface area contributed by atoms with Crippen molar-refractivity contribution in [1.29, 1.82) is 0 Å². The predicted octanol–water partition coefficient (Wildman–Crippen LogP) is 1.36. The third-order valence-corrected chi connectivity index (χ3v) is 2.46. The number of carboxylic acid groups (broad SMARTS) is 1. The Balaban J connectivity index is 2.33. The largest absolute Gasteiger partial charge is 0.497 e. The van der Waals surface area contributed by atoms with Crippen LogP contribution in [0.25, 0.3) is 0 Å². The molecule has 0 spiro atoms. The van der Waals surface area contributed by atoms with Crippen LogP contribution in [0.2, 0.25) is 0 Å². The third kappa shape index (κ3) is 2.74. The number of halogens is 1. The molecule has 0 radical (unpaired) electrons. The van der Waals surface area contributed by atoms with Gasteiger partial charge in [0.1, 0.15) is 17.1 Å². The quantitative estimate of drug-likeness (QED) is 0.780. The monoisotopic (exact) mass is 279 g/mol. The average Bonchev–Trinajstić information content (AvgIpc) is 2.41. The molecule has 104 valence electrons. The first-order valence-electron chi connectivity index (χ1n) is 5.44. The second kappa shape index (κ2) is 5.39. The lowest BCUT2D eigenvalue weighted by Crippen LogP contribution is -2.19. The smallest absolute Gasteiger partial charge is 0.342 e. The fraction of sp³-hybridized carbons (Fsp3) is 0.0833. The van der Waals surface area contributed by atoms with Crippen molar-refractivity contribution in [1.82, 2.24) is 9.97 Å². The fourth-order valence-electron chi connectivity index (χ4n) is 1.47. The van der Waals surface area contributed by atoms with Crippen LogP contribution in [0.5, 0.6) is 5.75 Å². The molecular formula is C12H10FN3O4. The van der Waals surface area contributed by atoms with E-state index in [2.05, 4.69) is 15.3 Å². The van der Waals surface area contributed by atoms with Crippen molar-refractivity contribution < 1.29 is 19.0 Å². The van der Waals surface area contributed by atoms with E-state index >= 15 is 0 Å². The Bertz CT molecular complexity index is 714. The van der Waals surface area contributed by atoms with Gasteiger partial charge in [-0.1, -0.05) is 0 Å². The summed E-state index contributed by atoms with van der Waals surface area (Å²) < 4.78 is 18.5. The highest BCUT2D eigenvalue weighted by Gasteiger charge is 2.11. The number of anilines is 2. The topological polar surface area (TPSA) is 104 Å². The predicted molar refractivity (Wildman–Crippen MR) is 68.1 cm³/mol. The molecule has 1 heterocycles. The van der Waals surface area contributed by atoms with E-state index in [0.717, 1.165) is 6.20 Å². The highest BCUT2D eigenvalue weighted by atomic mass is 19.1. The van der Waals surface area contributed by atoms with Gasteiger partial charge in [-0.2, -0.15) is 0 Å². The lowest BCUT2D eigenvalue weighted by atomic mass is 10.3. The minimum Gasteiger partial charge on any atom is -0.497 e. The number of carboxylic acids is 1. The highest BCUT2D eigenvalue weighted by Crippen LogP contribution is 2.22. The molecule has 20 heavy (non-hydrogen) atoms. The van der Waals surface area contributed by atoms with E-state index in [-0.39, 0.29) is 11.6 Å². The van der Waals surface area contributed by atoms with Gasteiger partial charge in [-0.15, -0.1) is 0 Å². The summed E-state index contributed by atoms with van der Waals surface area (Å²) in [7, 11) is 1.43. The van der Waals surface area contributed by atoms with Gasteiger partial charge in [0.15, 0.2) is 0 Å². The normalized spacial score (nSPS) is 10.1. The van der Waals surface area contributed by atoms with Crippen molar-refractivity contribution in [2.45, 2.75) is 0 Å². The molecular weight excluding hydrogens is 269 g/mol. The lowest BCUT2D eigenvalue weighted by molar-refractivity contribution is 0.0694. The van der Waals surface area contributed by atoms with Crippen LogP contribution in [-0.2, 0) is 0 Å². The maximum Gasteiger partial charge on any atom is 0.342 e. The van der Waals surface area contributed by atoms with Gasteiger partial charge >= 0.3 is 5.97 Å². The summed E-state index contributed by atoms with van der Waals surface area (Å²) >= 11 is 0. The number of methoxy groups -OCH3 is 1. The highest BCUT2D eigenvalue weighted by molar-refractivity contribution is 5.86. The number of hydrogen-bond acceptors (Lipinski definition) is 5. The van der Waals surface area contributed by atoms with Crippen LogP contribution < -0.4 is 15.6 Å². The van der Waals surface area contributed by atoms with Crippen molar-refractivity contribution in [3.8, 4) is 5.75 Å². The standard InChI is InChI=1S/C12H10FN3O4/c1-20-6-2-3-8(13)9(4-6)15-12-14-5-7(11(18)19)10(17)16-12/h2-5H,1H3,(H,18,19)(H2,14,15,16,17). The van der Waals surface area contributed by atoms with Gasteiger partial charge in [0, 0.05) is 6.07 Å². The van der Waals surface area contributed by atoms with Crippen LogP contribution in [0, 0.1) is 5.82 Å². The fourth-order valence-corrected chi connectivity index (χ4v) is 1.47. The van der Waals surface area contributed by atoms with Crippen molar-refractivity contribution in [3.63, 3.8) is 0 Å². The molecule has 0 unspecified atom stereocenters. The minimum absolute atomic E-state index is 0.0376. The van der Waals surface area contributed by atoms with Crippen LogP contribution in [0.4, 0.5) is 16.0 Å². The molecule has 0 fully saturated rings. The Labute approximate surface area is 112 Å². The number of ether oxygens (including phenoxy) is 1. The van der Waals surface area contributed by atoms with Gasteiger partial charge in [-0.3, -0.25) is 9.78 Å². The molecule has 0 aliphatic carbocycles. The van der Waals surface area contributed by atoms with Gasteiger partial charge in [-0.25, -0.2) is 14.2 Å². The first kappa shape index (κ1) is 13.5. The zero-order valence-electron chi connectivity index (χ0n) is 10.3. The number of rotatable bonds is 4. The van der Waals surface area contributed by atoms with Gasteiger partial charge < -0.3 is 15.2 Å². The second-order valence-corrected chi connectivity index (χ2v) is 3.75. The molecule has 2 rings (SSSR count). The zero-order chi connectivity index (χ0) is 14.7. The molecule has 0 saturated carbocycles. The summed E-state index contributed by atoms with van der Waals surface area (Å²) in [4.78, 5) is 28.0. The number of aromatic nitrogens is 2. The van der Waals surface area contributed by atoms with Crippen LogP contribution in [0.1, 0.15) is 10.4 Å². The van der Waals surface area contributed by atoms with E-state index in [4.69, 9.17) is 9.84 Å². The minimum atomic E-state index is -1.39. The van der Waals surface area contributed by atoms with Gasteiger partial charge in [-0.05, 0) is 12.1 Å². The van der Waals surface area contributed by atoms with E-state index in [9.17, 15) is 14.0 Å². The number of nitrogens with zero attached hydrogens (tertiary/aromatic N) is 1. The van der Waals surface area contributed by atoms with Gasteiger partial charge in [0.25, 0.3) is 5.56 Å². The molecule has 0 saturated heterocycles. The number of carbonyl (C=O) groups is 1.